The molecule has 0 unspecified atom stereocenters. The lowest BCUT2D eigenvalue weighted by atomic mass is 9.91. The molecule has 0 spiro atoms. The van der Waals surface area contributed by atoms with Gasteiger partial charge in [0.2, 0.25) is 11.7 Å². The van der Waals surface area contributed by atoms with Gasteiger partial charge in [0.25, 0.3) is 5.91 Å². The molecule has 0 saturated carbocycles. The molecule has 0 bridgehead atoms. The Kier molecular flexibility index (Phi) is 5.04. The van der Waals surface area contributed by atoms with E-state index in [0.717, 1.165) is 5.52 Å². The van der Waals surface area contributed by atoms with E-state index in [1.807, 2.05) is 24.3 Å². The number of hydrogen-bond donors (Lipinski definition) is 3. The summed E-state index contributed by atoms with van der Waals surface area (Å²) >= 11 is 0. The van der Waals surface area contributed by atoms with Gasteiger partial charge in [0.05, 0.1) is 23.4 Å². The highest BCUT2D eigenvalue weighted by Crippen LogP contribution is 2.27. The van der Waals surface area contributed by atoms with Gasteiger partial charge in [-0.2, -0.15) is 0 Å². The highest BCUT2D eigenvalue weighted by atomic mass is 16.5. The third kappa shape index (κ3) is 3.59. The summed E-state index contributed by atoms with van der Waals surface area (Å²) in [6, 6.07) is 12.4. The number of carbonyl (C=O) groups excluding carboxylic acids is 2. The van der Waals surface area contributed by atoms with Gasteiger partial charge in [0, 0.05) is 30.5 Å². The third-order valence-electron chi connectivity index (χ3n) is 5.30. The van der Waals surface area contributed by atoms with Crippen LogP contribution in [0.5, 0.6) is 0 Å². The fourth-order valence-corrected chi connectivity index (χ4v) is 3.61. The van der Waals surface area contributed by atoms with Crippen LogP contribution in [-0.4, -0.2) is 51.7 Å². The molecule has 1 fully saturated rings. The second kappa shape index (κ2) is 7.65. The van der Waals surface area contributed by atoms with Gasteiger partial charge in [-0.1, -0.05) is 18.2 Å². The summed E-state index contributed by atoms with van der Waals surface area (Å²) < 4.78 is 7.06. The van der Waals surface area contributed by atoms with Crippen LogP contribution in [0.3, 0.4) is 0 Å². The van der Waals surface area contributed by atoms with Gasteiger partial charge in [0.1, 0.15) is 0 Å². The molecule has 1 saturated heterocycles. The lowest BCUT2D eigenvalue weighted by Crippen LogP contribution is -2.54. The molecule has 8 heteroatoms. The minimum Gasteiger partial charge on any atom is -0.394 e. The van der Waals surface area contributed by atoms with Crippen molar-refractivity contribution in [3.05, 3.63) is 60.0 Å². The van der Waals surface area contributed by atoms with Crippen LogP contribution in [0.15, 0.2) is 48.7 Å². The lowest BCUT2D eigenvalue weighted by molar-refractivity contribution is 0.0123. The summed E-state index contributed by atoms with van der Waals surface area (Å²) in [4.78, 5) is 29.2. The number of primary amides is 1. The molecule has 8 nitrogen and oxygen atoms in total. The number of benzene rings is 1. The average molecular weight is 394 g/mol. The molecule has 3 heterocycles. The SMILES string of the molecule is NC(=O)c1cccc(-c2nc(C(=O)NC3(CO)CCOCC3)n3ccccc23)c1. The van der Waals surface area contributed by atoms with E-state index in [1.165, 1.54) is 0 Å². The topological polar surface area (TPSA) is 119 Å². The van der Waals surface area contributed by atoms with E-state index in [4.69, 9.17) is 10.5 Å². The summed E-state index contributed by atoms with van der Waals surface area (Å²) in [6.07, 6.45) is 2.83. The molecule has 4 rings (SSSR count). The Morgan fingerprint density at radius 3 is 2.72 bits per heavy atom. The molecule has 3 aromatic rings. The van der Waals surface area contributed by atoms with Gasteiger partial charge in [-0.15, -0.1) is 0 Å². The standard InChI is InChI=1S/C21H22N4O4/c22-18(27)15-5-3-4-14(12-15)17-16-6-1-2-9-25(16)19(23-17)20(28)24-21(13-26)7-10-29-11-8-21/h1-6,9,12,26H,7-8,10-11,13H2,(H2,22,27)(H,24,28). The zero-order valence-electron chi connectivity index (χ0n) is 15.8. The number of nitrogens with one attached hydrogen (secondary N) is 1. The smallest absolute Gasteiger partial charge is 0.288 e. The zero-order valence-corrected chi connectivity index (χ0v) is 15.8. The van der Waals surface area contributed by atoms with Crippen molar-refractivity contribution in [2.24, 2.45) is 5.73 Å². The van der Waals surface area contributed by atoms with Gasteiger partial charge >= 0.3 is 0 Å². The molecule has 2 aromatic heterocycles. The van der Waals surface area contributed by atoms with Crippen molar-refractivity contribution in [3.8, 4) is 11.3 Å². The molecule has 150 valence electrons. The van der Waals surface area contributed by atoms with Crippen LogP contribution >= 0.6 is 0 Å². The van der Waals surface area contributed by atoms with Crippen molar-refractivity contribution >= 4 is 17.3 Å². The van der Waals surface area contributed by atoms with Crippen LogP contribution < -0.4 is 11.1 Å². The number of aliphatic hydroxyl groups excluding tert-OH is 1. The molecule has 2 amide bonds. The predicted octanol–water partition coefficient (Wildman–Crippen LogP) is 1.37. The Morgan fingerprint density at radius 2 is 2.00 bits per heavy atom. The number of nitrogens with two attached hydrogens (primary N) is 1. The number of ether oxygens (including phenoxy) is 1. The second-order valence-corrected chi connectivity index (χ2v) is 7.19. The summed E-state index contributed by atoms with van der Waals surface area (Å²) in [5, 5.41) is 12.8. The number of fused-ring (bicyclic) bond motifs is 1. The van der Waals surface area contributed by atoms with Crippen molar-refractivity contribution in [3.63, 3.8) is 0 Å². The molecule has 4 N–H and O–H groups in total. The highest BCUT2D eigenvalue weighted by molar-refractivity contribution is 5.97. The number of imidazole rings is 1. The highest BCUT2D eigenvalue weighted by Gasteiger charge is 2.35. The molecule has 0 atom stereocenters. The largest absolute Gasteiger partial charge is 0.394 e. The van der Waals surface area contributed by atoms with Crippen molar-refractivity contribution in [1.82, 2.24) is 14.7 Å². The molecule has 0 radical (unpaired) electrons. The van der Waals surface area contributed by atoms with Gasteiger partial charge in [-0.05, 0) is 37.1 Å². The lowest BCUT2D eigenvalue weighted by Gasteiger charge is -2.36. The van der Waals surface area contributed by atoms with E-state index < -0.39 is 11.4 Å². The van der Waals surface area contributed by atoms with Gasteiger partial charge < -0.3 is 20.9 Å². The summed E-state index contributed by atoms with van der Waals surface area (Å²) in [5.74, 6) is -0.698. The number of hydrogen-bond acceptors (Lipinski definition) is 5. The minimum absolute atomic E-state index is 0.168. The van der Waals surface area contributed by atoms with Crippen molar-refractivity contribution < 1.29 is 19.4 Å². The van der Waals surface area contributed by atoms with Crippen molar-refractivity contribution in [1.29, 1.82) is 0 Å². The van der Waals surface area contributed by atoms with Crippen molar-refractivity contribution in [2.45, 2.75) is 18.4 Å². The fraction of sp³-hybridized carbons (Fsp3) is 0.286. The fourth-order valence-electron chi connectivity index (χ4n) is 3.61. The second-order valence-electron chi connectivity index (χ2n) is 7.19. The molecule has 1 aliphatic rings. The van der Waals surface area contributed by atoms with E-state index in [9.17, 15) is 14.7 Å². The zero-order chi connectivity index (χ0) is 20.4. The Hall–Kier alpha value is -3.23. The maximum Gasteiger partial charge on any atom is 0.288 e. The maximum absolute atomic E-state index is 13.1. The number of rotatable bonds is 5. The molecule has 1 aromatic carbocycles. The van der Waals surface area contributed by atoms with E-state index >= 15 is 0 Å². The Labute approximate surface area is 167 Å². The molecule has 29 heavy (non-hydrogen) atoms. The maximum atomic E-state index is 13.1. The van der Waals surface area contributed by atoms with Crippen LogP contribution in [-0.2, 0) is 4.74 Å². The first-order valence-electron chi connectivity index (χ1n) is 9.41. The molecule has 1 aliphatic heterocycles. The number of aliphatic hydroxyl groups is 1. The minimum atomic E-state index is -0.720. The van der Waals surface area contributed by atoms with Gasteiger partial charge in [0.15, 0.2) is 0 Å². The Morgan fingerprint density at radius 1 is 1.21 bits per heavy atom. The first-order valence-corrected chi connectivity index (χ1v) is 9.41. The first kappa shape index (κ1) is 19.1. The first-order chi connectivity index (χ1) is 14.0. The van der Waals surface area contributed by atoms with Crippen LogP contribution in [0.1, 0.15) is 33.8 Å². The quantitative estimate of drug-likeness (QED) is 0.604. The number of pyridine rings is 1. The number of amides is 2. The Balaban J connectivity index is 1.75. The van der Waals surface area contributed by atoms with Crippen LogP contribution in [0, 0.1) is 0 Å². The normalized spacial score (nSPS) is 15.9. The molecular weight excluding hydrogens is 372 g/mol. The molecular formula is C21H22N4O4. The Bertz CT molecular complexity index is 1070. The number of carbonyl (C=O) groups is 2. The third-order valence-corrected chi connectivity index (χ3v) is 5.30. The van der Waals surface area contributed by atoms with E-state index in [0.29, 0.717) is 42.9 Å². The van der Waals surface area contributed by atoms with E-state index in [-0.39, 0.29) is 18.3 Å². The monoisotopic (exact) mass is 394 g/mol. The van der Waals surface area contributed by atoms with Crippen LogP contribution in [0.2, 0.25) is 0 Å². The number of aromatic nitrogens is 2. The van der Waals surface area contributed by atoms with E-state index in [2.05, 4.69) is 10.3 Å². The van der Waals surface area contributed by atoms with Crippen LogP contribution in [0.25, 0.3) is 16.8 Å². The number of nitrogens with zero attached hydrogens (tertiary/aromatic N) is 2. The summed E-state index contributed by atoms with van der Waals surface area (Å²) in [7, 11) is 0. The average Bonchev–Trinajstić information content (AvgIpc) is 3.14. The van der Waals surface area contributed by atoms with Crippen LogP contribution in [0.4, 0.5) is 0 Å². The van der Waals surface area contributed by atoms with Crippen molar-refractivity contribution in [2.75, 3.05) is 19.8 Å². The van der Waals surface area contributed by atoms with Gasteiger partial charge in [-0.3, -0.25) is 14.0 Å². The molecule has 0 aliphatic carbocycles. The summed E-state index contributed by atoms with van der Waals surface area (Å²) in [6.45, 7) is 0.793. The van der Waals surface area contributed by atoms with Gasteiger partial charge in [-0.25, -0.2) is 4.98 Å². The van der Waals surface area contributed by atoms with E-state index in [1.54, 1.807) is 28.8 Å². The summed E-state index contributed by atoms with van der Waals surface area (Å²) in [5.41, 5.74) is 7.03. The predicted molar refractivity (Wildman–Crippen MR) is 106 cm³/mol.